The van der Waals surface area contributed by atoms with Crippen LogP contribution in [0, 0.1) is 0 Å². The molecule has 0 unspecified atom stereocenters. The van der Waals surface area contributed by atoms with Gasteiger partial charge < -0.3 is 0 Å². The van der Waals surface area contributed by atoms with E-state index in [1.54, 1.807) is 0 Å². The molecule has 0 spiro atoms. The first-order valence-electron chi connectivity index (χ1n) is 9.73. The summed E-state index contributed by atoms with van der Waals surface area (Å²) in [6.07, 6.45) is 20.8. The largest absolute Gasteiger partial charge is 0.333 e. The van der Waals surface area contributed by atoms with Crippen LogP contribution in [-0.2, 0) is 14.5 Å². The first-order valence-corrected chi connectivity index (χ1v) is 11.2. The normalized spacial score (nSPS) is 11.4. The molecule has 0 aliphatic heterocycles. The van der Waals surface area contributed by atoms with E-state index < -0.39 is 10.3 Å². The van der Waals surface area contributed by atoms with Gasteiger partial charge in [-0.2, -0.15) is 8.42 Å². The summed E-state index contributed by atoms with van der Waals surface area (Å²) >= 11 is 0. The molecular weight excluding hydrogens is 333 g/mol. The third kappa shape index (κ3) is 25.1. The Bertz CT molecular complexity index is 337. The predicted octanol–water partition coefficient (Wildman–Crippen LogP) is 5.09. The number of nitrogens with two attached hydrogens (primary N) is 1. The Morgan fingerprint density at radius 2 is 0.917 bits per heavy atom. The third-order valence-electron chi connectivity index (χ3n) is 4.25. The molecule has 0 fully saturated rings. The van der Waals surface area contributed by atoms with Gasteiger partial charge in [-0.05, 0) is 6.42 Å². The average Bonchev–Trinajstić information content (AvgIpc) is 2.49. The summed E-state index contributed by atoms with van der Waals surface area (Å²) in [7, 11) is -3.74. The molecule has 1 radical (unpaired) electrons. The van der Waals surface area contributed by atoms with E-state index in [2.05, 4.69) is 11.1 Å². The fourth-order valence-corrected chi connectivity index (χ4v) is 3.18. The molecule has 0 aromatic heterocycles. The van der Waals surface area contributed by atoms with Crippen molar-refractivity contribution < 1.29 is 12.6 Å². The van der Waals surface area contributed by atoms with Gasteiger partial charge in [-0.25, -0.2) is 5.14 Å². The van der Waals surface area contributed by atoms with Crippen molar-refractivity contribution in [2.24, 2.45) is 5.14 Å². The fraction of sp³-hybridized carbons (Fsp3) is 1.00. The van der Waals surface area contributed by atoms with Crippen molar-refractivity contribution in [2.45, 2.75) is 110 Å². The van der Waals surface area contributed by atoms with Crippen LogP contribution in [0.5, 0.6) is 0 Å². The summed E-state index contributed by atoms with van der Waals surface area (Å²) in [4.78, 5) is 0. The van der Waals surface area contributed by atoms with Crippen LogP contribution in [0.3, 0.4) is 0 Å². The van der Waals surface area contributed by atoms with Crippen LogP contribution in [0.15, 0.2) is 0 Å². The molecule has 0 saturated heterocycles. The molecular formula is C18H39NNaO3S. The summed E-state index contributed by atoms with van der Waals surface area (Å²) in [5, 5.41) is 4.75. The number of hydrogen-bond acceptors (Lipinski definition) is 3. The Hall–Kier alpha value is 0.870. The van der Waals surface area contributed by atoms with E-state index in [1.165, 1.54) is 83.5 Å². The van der Waals surface area contributed by atoms with Crippen LogP contribution < -0.4 is 5.14 Å². The Morgan fingerprint density at radius 3 is 1.21 bits per heavy atom. The van der Waals surface area contributed by atoms with Gasteiger partial charge in [0.1, 0.15) is 0 Å². The molecule has 0 aliphatic carbocycles. The van der Waals surface area contributed by atoms with Crippen molar-refractivity contribution in [1.29, 1.82) is 0 Å². The van der Waals surface area contributed by atoms with Crippen LogP contribution >= 0.6 is 0 Å². The van der Waals surface area contributed by atoms with E-state index in [0.717, 1.165) is 19.3 Å². The molecule has 0 heterocycles. The maximum absolute atomic E-state index is 10.5. The monoisotopic (exact) mass is 372 g/mol. The smallest absolute Gasteiger partial charge is 0.258 e. The molecule has 0 atom stereocenters. The molecule has 0 amide bonds. The van der Waals surface area contributed by atoms with Gasteiger partial charge in [0.15, 0.2) is 0 Å². The second-order valence-corrected chi connectivity index (χ2v) is 7.84. The van der Waals surface area contributed by atoms with E-state index in [9.17, 15) is 8.42 Å². The Kier molecular flexibility index (Phi) is 22.8. The van der Waals surface area contributed by atoms with Gasteiger partial charge in [0.25, 0.3) is 0 Å². The van der Waals surface area contributed by atoms with Gasteiger partial charge in [0.2, 0.25) is 0 Å². The first-order chi connectivity index (χ1) is 11.1. The zero-order chi connectivity index (χ0) is 17.2. The van der Waals surface area contributed by atoms with Crippen LogP contribution in [0.25, 0.3) is 0 Å². The third-order valence-corrected chi connectivity index (χ3v) is 4.74. The van der Waals surface area contributed by atoms with E-state index in [-0.39, 0.29) is 36.2 Å². The van der Waals surface area contributed by atoms with Gasteiger partial charge in [0.05, 0.1) is 6.61 Å². The molecule has 0 saturated carbocycles. The minimum absolute atomic E-state index is 0. The van der Waals surface area contributed by atoms with E-state index >= 15 is 0 Å². The van der Waals surface area contributed by atoms with E-state index in [1.807, 2.05) is 0 Å². The molecule has 0 bridgehead atoms. The zero-order valence-electron chi connectivity index (χ0n) is 16.2. The maximum Gasteiger partial charge on any atom is 0.333 e. The number of hydrogen-bond donors (Lipinski definition) is 1. The summed E-state index contributed by atoms with van der Waals surface area (Å²) in [5.74, 6) is 0. The van der Waals surface area contributed by atoms with Crippen LogP contribution in [0.4, 0.5) is 0 Å². The van der Waals surface area contributed by atoms with Gasteiger partial charge in [-0.3, -0.25) is 4.18 Å². The molecule has 6 heteroatoms. The zero-order valence-corrected chi connectivity index (χ0v) is 19.0. The van der Waals surface area contributed by atoms with Crippen LogP contribution in [0.1, 0.15) is 110 Å². The minimum Gasteiger partial charge on any atom is -0.258 e. The first kappa shape index (κ1) is 27.1. The Morgan fingerprint density at radius 1 is 0.625 bits per heavy atom. The van der Waals surface area contributed by atoms with E-state index in [0.29, 0.717) is 0 Å². The van der Waals surface area contributed by atoms with Gasteiger partial charge >= 0.3 is 10.3 Å². The summed E-state index contributed by atoms with van der Waals surface area (Å²) < 4.78 is 25.6. The van der Waals surface area contributed by atoms with Crippen molar-refractivity contribution >= 4 is 39.9 Å². The second kappa shape index (κ2) is 20.2. The van der Waals surface area contributed by atoms with E-state index in [4.69, 9.17) is 5.14 Å². The predicted molar refractivity (Wildman–Crippen MR) is 104 cm³/mol. The Balaban J connectivity index is 0. The van der Waals surface area contributed by atoms with Gasteiger partial charge in [-0.1, -0.05) is 103 Å². The van der Waals surface area contributed by atoms with Crippen molar-refractivity contribution in [1.82, 2.24) is 0 Å². The van der Waals surface area contributed by atoms with Crippen LogP contribution in [0.2, 0.25) is 0 Å². The molecule has 0 aliphatic rings. The van der Waals surface area contributed by atoms with Crippen molar-refractivity contribution in [3.05, 3.63) is 0 Å². The summed E-state index contributed by atoms with van der Waals surface area (Å²) in [6.45, 7) is 2.49. The SMILES string of the molecule is CCCCCCCCCCCCCCCCCCOS(N)(=O)=O.[Na]. The molecule has 4 nitrogen and oxygen atoms in total. The quantitative estimate of drug-likeness (QED) is 0.269. The molecule has 0 rings (SSSR count). The van der Waals surface area contributed by atoms with Gasteiger partial charge in [0, 0.05) is 29.6 Å². The van der Waals surface area contributed by atoms with Crippen molar-refractivity contribution in [3.8, 4) is 0 Å². The molecule has 0 aromatic carbocycles. The van der Waals surface area contributed by atoms with Gasteiger partial charge in [-0.15, -0.1) is 0 Å². The standard InChI is InChI=1S/C18H39NO3S.Na/c1-2-3-4-5-6-7-8-9-10-11-12-13-14-15-16-17-18-22-23(19,20)21;/h2-18H2,1H3,(H2,19,20,21);. The van der Waals surface area contributed by atoms with Crippen molar-refractivity contribution in [3.63, 3.8) is 0 Å². The second-order valence-electron chi connectivity index (χ2n) is 6.62. The molecule has 141 valence electrons. The summed E-state index contributed by atoms with van der Waals surface area (Å²) in [5.41, 5.74) is 0. The van der Waals surface area contributed by atoms with Crippen molar-refractivity contribution in [2.75, 3.05) is 6.61 Å². The number of unbranched alkanes of at least 4 members (excludes halogenated alkanes) is 15. The fourth-order valence-electron chi connectivity index (χ4n) is 2.83. The molecule has 24 heavy (non-hydrogen) atoms. The maximum atomic E-state index is 10.5. The van der Waals surface area contributed by atoms with Crippen LogP contribution in [-0.4, -0.2) is 44.6 Å². The minimum atomic E-state index is -3.74. The number of rotatable bonds is 18. The topological polar surface area (TPSA) is 69.4 Å². The Labute approximate surface area is 173 Å². The molecule has 0 aromatic rings. The average molecular weight is 373 g/mol. The summed E-state index contributed by atoms with van der Waals surface area (Å²) in [6, 6.07) is 0. The molecule has 2 N–H and O–H groups in total.